The highest BCUT2D eigenvalue weighted by Gasteiger charge is 2.34. The van der Waals surface area contributed by atoms with E-state index in [0.29, 0.717) is 30.5 Å². The Morgan fingerprint density at radius 1 is 0.926 bits per heavy atom. The van der Waals surface area contributed by atoms with Gasteiger partial charge in [0.1, 0.15) is 5.57 Å². The van der Waals surface area contributed by atoms with Crippen LogP contribution >= 0.6 is 23.2 Å². The Labute approximate surface area is 168 Å². The highest BCUT2D eigenvalue weighted by Crippen LogP contribution is 2.22. The Morgan fingerprint density at radius 3 is 2.15 bits per heavy atom. The van der Waals surface area contributed by atoms with Crippen LogP contribution in [0.2, 0.25) is 0 Å². The normalized spacial score (nSPS) is 15.3. The van der Waals surface area contributed by atoms with Gasteiger partial charge in [0.25, 0.3) is 11.8 Å². The molecule has 0 radical (unpaired) electrons. The Bertz CT molecular complexity index is 832. The minimum absolute atomic E-state index is 0.102. The lowest BCUT2D eigenvalue weighted by Gasteiger charge is -2.22. The van der Waals surface area contributed by atoms with Crippen LogP contribution in [0.15, 0.2) is 60.2 Å². The van der Waals surface area contributed by atoms with Gasteiger partial charge in [0.15, 0.2) is 0 Å². The average molecular weight is 404 g/mol. The zero-order chi connectivity index (χ0) is 19.2. The predicted molar refractivity (Wildman–Crippen MR) is 110 cm³/mol. The Kier molecular flexibility index (Phi) is 6.37. The summed E-state index contributed by atoms with van der Waals surface area (Å²) < 4.78 is 0. The molecule has 1 N–H and O–H groups in total. The van der Waals surface area contributed by atoms with Gasteiger partial charge in [-0.2, -0.15) is 0 Å². The number of benzene rings is 2. The van der Waals surface area contributed by atoms with E-state index in [1.54, 1.807) is 18.2 Å². The van der Waals surface area contributed by atoms with Crippen LogP contribution in [-0.4, -0.2) is 36.7 Å². The fourth-order valence-electron chi connectivity index (χ4n) is 2.84. The van der Waals surface area contributed by atoms with Gasteiger partial charge in [-0.25, -0.2) is 5.01 Å². The van der Waals surface area contributed by atoms with Crippen LogP contribution in [0, 0.1) is 0 Å². The van der Waals surface area contributed by atoms with E-state index in [2.05, 4.69) is 10.3 Å². The van der Waals surface area contributed by atoms with E-state index < -0.39 is 5.91 Å². The van der Waals surface area contributed by atoms with Crippen LogP contribution in [-0.2, 0) is 9.59 Å². The van der Waals surface area contributed by atoms with Crippen molar-refractivity contribution in [3.8, 4) is 0 Å². The fourth-order valence-corrected chi connectivity index (χ4v) is 3.25. The van der Waals surface area contributed by atoms with E-state index in [-0.39, 0.29) is 11.5 Å². The second-order valence-corrected chi connectivity index (χ2v) is 6.69. The molecule has 7 heteroatoms. The number of rotatable bonds is 7. The SMILES string of the molecule is O=C1NN(c2ccccc2)C(=O)/C1=C\c1ccc(N(CCCl)CCCl)cc1. The molecular formula is C20H19Cl2N3O2. The monoisotopic (exact) mass is 403 g/mol. The highest BCUT2D eigenvalue weighted by atomic mass is 35.5. The largest absolute Gasteiger partial charge is 0.369 e. The Morgan fingerprint density at radius 2 is 1.56 bits per heavy atom. The van der Waals surface area contributed by atoms with Crippen LogP contribution in [0.3, 0.4) is 0 Å². The van der Waals surface area contributed by atoms with Crippen molar-refractivity contribution in [3.05, 3.63) is 65.7 Å². The van der Waals surface area contributed by atoms with Gasteiger partial charge in [-0.1, -0.05) is 30.3 Å². The van der Waals surface area contributed by atoms with E-state index in [4.69, 9.17) is 23.2 Å². The van der Waals surface area contributed by atoms with Gasteiger partial charge in [-0.3, -0.25) is 15.0 Å². The van der Waals surface area contributed by atoms with Gasteiger partial charge in [0, 0.05) is 30.5 Å². The average Bonchev–Trinajstić information content (AvgIpc) is 2.97. The molecule has 3 rings (SSSR count). The Balaban J connectivity index is 1.80. The molecule has 0 atom stereocenters. The molecule has 1 fully saturated rings. The number of hydrazine groups is 1. The van der Waals surface area contributed by atoms with Crippen LogP contribution in [0.4, 0.5) is 11.4 Å². The molecular weight excluding hydrogens is 385 g/mol. The van der Waals surface area contributed by atoms with Crippen molar-refractivity contribution in [3.63, 3.8) is 0 Å². The number of anilines is 2. The lowest BCUT2D eigenvalue weighted by Crippen LogP contribution is -2.35. The molecule has 0 unspecified atom stereocenters. The molecule has 0 aromatic heterocycles. The number of nitrogens with zero attached hydrogens (tertiary/aromatic N) is 2. The second-order valence-electron chi connectivity index (χ2n) is 5.93. The number of alkyl halides is 2. The number of amides is 2. The van der Waals surface area contributed by atoms with Crippen molar-refractivity contribution in [1.82, 2.24) is 5.43 Å². The summed E-state index contributed by atoms with van der Waals surface area (Å²) in [5.74, 6) is 0.222. The third-order valence-corrected chi connectivity index (χ3v) is 4.52. The van der Waals surface area contributed by atoms with Crippen molar-refractivity contribution in [2.45, 2.75) is 0 Å². The summed E-state index contributed by atoms with van der Waals surface area (Å²) in [5, 5.41) is 1.26. The summed E-state index contributed by atoms with van der Waals surface area (Å²) in [6.45, 7) is 1.39. The molecule has 0 spiro atoms. The maximum absolute atomic E-state index is 12.6. The summed E-state index contributed by atoms with van der Waals surface area (Å²) in [4.78, 5) is 26.9. The summed E-state index contributed by atoms with van der Waals surface area (Å²) >= 11 is 11.7. The number of carbonyl (C=O) groups excluding carboxylic acids is 2. The van der Waals surface area contributed by atoms with Crippen LogP contribution in [0.25, 0.3) is 6.08 Å². The van der Waals surface area contributed by atoms with E-state index >= 15 is 0 Å². The molecule has 5 nitrogen and oxygen atoms in total. The van der Waals surface area contributed by atoms with E-state index in [9.17, 15) is 9.59 Å². The second kappa shape index (κ2) is 8.93. The first-order chi connectivity index (χ1) is 13.1. The summed E-state index contributed by atoms with van der Waals surface area (Å²) in [6, 6.07) is 16.6. The first kappa shape index (κ1) is 19.3. The van der Waals surface area contributed by atoms with Crippen molar-refractivity contribution < 1.29 is 9.59 Å². The molecule has 1 saturated heterocycles. The van der Waals surface area contributed by atoms with Gasteiger partial charge in [-0.05, 0) is 35.9 Å². The quantitative estimate of drug-likeness (QED) is 0.437. The van der Waals surface area contributed by atoms with Crippen LogP contribution in [0.5, 0.6) is 0 Å². The first-order valence-electron chi connectivity index (χ1n) is 8.53. The van der Waals surface area contributed by atoms with E-state index in [0.717, 1.165) is 11.3 Å². The smallest absolute Gasteiger partial charge is 0.282 e. The molecule has 140 valence electrons. The maximum Gasteiger partial charge on any atom is 0.282 e. The number of para-hydroxylation sites is 1. The van der Waals surface area contributed by atoms with Gasteiger partial charge >= 0.3 is 0 Å². The number of hydrogen-bond acceptors (Lipinski definition) is 3. The predicted octanol–water partition coefficient (Wildman–Crippen LogP) is 3.43. The molecule has 1 aliphatic heterocycles. The summed E-state index contributed by atoms with van der Waals surface area (Å²) in [7, 11) is 0. The van der Waals surface area contributed by atoms with Crippen molar-refractivity contribution in [2.75, 3.05) is 34.8 Å². The van der Waals surface area contributed by atoms with Crippen LogP contribution < -0.4 is 15.3 Å². The maximum atomic E-state index is 12.6. The van der Waals surface area contributed by atoms with Crippen LogP contribution in [0.1, 0.15) is 5.56 Å². The standard InChI is InChI=1S/C20H19Cl2N3O2/c21-10-12-24(13-11-22)16-8-6-15(7-9-16)14-18-19(26)23-25(20(18)27)17-4-2-1-3-5-17/h1-9,14H,10-13H2,(H,23,26)/b18-14-. The van der Waals surface area contributed by atoms with Gasteiger partial charge in [0.05, 0.1) is 5.69 Å². The lowest BCUT2D eigenvalue weighted by molar-refractivity contribution is -0.117. The van der Waals surface area contributed by atoms with E-state index in [1.165, 1.54) is 5.01 Å². The molecule has 1 heterocycles. The molecule has 0 saturated carbocycles. The van der Waals surface area contributed by atoms with Crippen molar-refractivity contribution in [1.29, 1.82) is 0 Å². The zero-order valence-electron chi connectivity index (χ0n) is 14.6. The molecule has 1 aliphatic rings. The zero-order valence-corrected chi connectivity index (χ0v) is 16.1. The highest BCUT2D eigenvalue weighted by molar-refractivity contribution is 6.31. The topological polar surface area (TPSA) is 52.7 Å². The molecule has 27 heavy (non-hydrogen) atoms. The molecule has 0 aliphatic carbocycles. The number of carbonyl (C=O) groups is 2. The minimum Gasteiger partial charge on any atom is -0.369 e. The number of hydrogen-bond donors (Lipinski definition) is 1. The third-order valence-electron chi connectivity index (χ3n) is 4.18. The fraction of sp³-hybridized carbons (Fsp3) is 0.200. The summed E-state index contributed by atoms with van der Waals surface area (Å²) in [6.07, 6.45) is 1.60. The molecule has 2 amide bonds. The van der Waals surface area contributed by atoms with Gasteiger partial charge in [0.2, 0.25) is 0 Å². The Hall–Kier alpha value is -2.50. The number of halogens is 2. The van der Waals surface area contributed by atoms with Gasteiger partial charge < -0.3 is 4.90 Å². The molecule has 2 aromatic rings. The van der Waals surface area contributed by atoms with Crippen molar-refractivity contribution in [2.24, 2.45) is 0 Å². The number of nitrogens with one attached hydrogen (secondary N) is 1. The molecule has 2 aromatic carbocycles. The van der Waals surface area contributed by atoms with Crippen molar-refractivity contribution >= 4 is 52.5 Å². The minimum atomic E-state index is -0.418. The summed E-state index contributed by atoms with van der Waals surface area (Å²) in [5.41, 5.74) is 5.07. The van der Waals surface area contributed by atoms with E-state index in [1.807, 2.05) is 42.5 Å². The van der Waals surface area contributed by atoms with Gasteiger partial charge in [-0.15, -0.1) is 23.2 Å². The lowest BCUT2D eigenvalue weighted by atomic mass is 10.1. The first-order valence-corrected chi connectivity index (χ1v) is 9.60. The molecule has 0 bridgehead atoms. The third kappa shape index (κ3) is 4.43.